The summed E-state index contributed by atoms with van der Waals surface area (Å²) in [6, 6.07) is 7.19. The molecule has 0 spiro atoms. The molecule has 2 aromatic rings. The smallest absolute Gasteiger partial charge is 0.279 e. The van der Waals surface area contributed by atoms with Gasteiger partial charge in [0.1, 0.15) is 0 Å². The van der Waals surface area contributed by atoms with E-state index < -0.39 is 0 Å². The number of aryl methyl sites for hydroxylation is 2. The molecule has 7 nitrogen and oxygen atoms in total. The topological polar surface area (TPSA) is 71.7 Å². The minimum absolute atomic E-state index is 0.00720. The van der Waals surface area contributed by atoms with E-state index in [1.807, 2.05) is 48.7 Å². The molecule has 0 radical (unpaired) electrons. The number of nitrogens with one attached hydrogen (secondary N) is 2. The fourth-order valence-electron chi connectivity index (χ4n) is 3.50. The van der Waals surface area contributed by atoms with Crippen LogP contribution in [0.4, 0.5) is 5.69 Å². The van der Waals surface area contributed by atoms with E-state index in [0.717, 1.165) is 34.9 Å². The maximum atomic E-state index is 12.5. The van der Waals surface area contributed by atoms with E-state index in [9.17, 15) is 9.59 Å². The molecule has 1 aliphatic rings. The van der Waals surface area contributed by atoms with Crippen LogP contribution in [0.2, 0.25) is 5.02 Å². The molecule has 0 unspecified atom stereocenters. The summed E-state index contributed by atoms with van der Waals surface area (Å²) < 4.78 is 1.81. The van der Waals surface area contributed by atoms with Gasteiger partial charge in [0.2, 0.25) is 5.91 Å². The Labute approximate surface area is 175 Å². The molecule has 154 valence electrons. The summed E-state index contributed by atoms with van der Waals surface area (Å²) in [7, 11) is 1.89. The van der Waals surface area contributed by atoms with Crippen molar-refractivity contribution in [3.8, 4) is 0 Å². The van der Waals surface area contributed by atoms with Gasteiger partial charge in [0.15, 0.2) is 6.54 Å². The van der Waals surface area contributed by atoms with Crippen LogP contribution in [0.25, 0.3) is 6.08 Å². The molecule has 0 bridgehead atoms. The van der Waals surface area contributed by atoms with Crippen molar-refractivity contribution in [1.29, 1.82) is 0 Å². The van der Waals surface area contributed by atoms with Gasteiger partial charge in [-0.3, -0.25) is 14.3 Å². The van der Waals surface area contributed by atoms with Gasteiger partial charge in [-0.1, -0.05) is 23.7 Å². The summed E-state index contributed by atoms with van der Waals surface area (Å²) >= 11 is 6.08. The predicted octanol–water partition coefficient (Wildman–Crippen LogP) is 1.07. The number of carbonyl (C=O) groups is 2. The van der Waals surface area contributed by atoms with Gasteiger partial charge in [-0.15, -0.1) is 0 Å². The van der Waals surface area contributed by atoms with Crippen molar-refractivity contribution >= 4 is 35.2 Å². The van der Waals surface area contributed by atoms with Gasteiger partial charge < -0.3 is 15.1 Å². The molecule has 1 aromatic carbocycles. The number of hydrogen-bond acceptors (Lipinski definition) is 3. The lowest BCUT2D eigenvalue weighted by Crippen LogP contribution is -3.15. The van der Waals surface area contributed by atoms with E-state index in [1.54, 1.807) is 18.2 Å². The maximum absolute atomic E-state index is 12.5. The first kappa shape index (κ1) is 21.1. The van der Waals surface area contributed by atoms with E-state index in [0.29, 0.717) is 30.3 Å². The molecule has 0 aliphatic carbocycles. The molecule has 1 fully saturated rings. The highest BCUT2D eigenvalue weighted by Gasteiger charge is 2.24. The van der Waals surface area contributed by atoms with Crippen LogP contribution in [0.15, 0.2) is 30.3 Å². The summed E-state index contributed by atoms with van der Waals surface area (Å²) in [6.07, 6.45) is 3.46. The molecule has 1 aliphatic heterocycles. The molecule has 3 rings (SSSR count). The second kappa shape index (κ2) is 9.24. The van der Waals surface area contributed by atoms with Crippen LogP contribution in [0, 0.1) is 13.8 Å². The molecular weight excluding hydrogens is 390 g/mol. The number of hydrogen-bond donors (Lipinski definition) is 2. The van der Waals surface area contributed by atoms with Gasteiger partial charge in [0, 0.05) is 24.4 Å². The zero-order valence-corrected chi connectivity index (χ0v) is 17.8. The lowest BCUT2D eigenvalue weighted by molar-refractivity contribution is -0.895. The van der Waals surface area contributed by atoms with Crippen molar-refractivity contribution in [2.45, 2.75) is 13.8 Å². The Morgan fingerprint density at radius 1 is 1.24 bits per heavy atom. The number of para-hydroxylation sites is 1. The van der Waals surface area contributed by atoms with Gasteiger partial charge in [-0.25, -0.2) is 0 Å². The predicted molar refractivity (Wildman–Crippen MR) is 114 cm³/mol. The van der Waals surface area contributed by atoms with Crippen molar-refractivity contribution in [3.63, 3.8) is 0 Å². The zero-order chi connectivity index (χ0) is 21.0. The van der Waals surface area contributed by atoms with Gasteiger partial charge in [-0.2, -0.15) is 5.10 Å². The molecule has 1 saturated heterocycles. The summed E-state index contributed by atoms with van der Waals surface area (Å²) in [5.74, 6) is -0.0810. The highest BCUT2D eigenvalue weighted by molar-refractivity contribution is 6.33. The van der Waals surface area contributed by atoms with E-state index in [2.05, 4.69) is 10.4 Å². The number of nitrogens with zero attached hydrogens (tertiary/aromatic N) is 3. The first-order chi connectivity index (χ1) is 13.8. The van der Waals surface area contributed by atoms with Crippen molar-refractivity contribution < 1.29 is 14.5 Å². The lowest BCUT2D eigenvalue weighted by atomic mass is 10.2. The molecule has 0 atom stereocenters. The third-order valence-corrected chi connectivity index (χ3v) is 5.63. The fraction of sp³-hybridized carbons (Fsp3) is 0.381. The zero-order valence-electron chi connectivity index (χ0n) is 17.0. The average molecular weight is 417 g/mol. The Kier molecular flexibility index (Phi) is 6.71. The van der Waals surface area contributed by atoms with Crippen molar-refractivity contribution in [2.75, 3.05) is 38.0 Å². The number of amides is 2. The number of aromatic nitrogens is 2. The van der Waals surface area contributed by atoms with E-state index in [4.69, 9.17) is 11.6 Å². The van der Waals surface area contributed by atoms with Gasteiger partial charge in [0.25, 0.3) is 5.91 Å². The Bertz CT molecular complexity index is 929. The number of halogens is 1. The Morgan fingerprint density at radius 2 is 1.93 bits per heavy atom. The van der Waals surface area contributed by atoms with Gasteiger partial charge in [-0.05, 0) is 32.1 Å². The van der Waals surface area contributed by atoms with E-state index in [1.165, 1.54) is 0 Å². The van der Waals surface area contributed by atoms with E-state index in [-0.39, 0.29) is 11.8 Å². The minimum atomic E-state index is -0.0738. The van der Waals surface area contributed by atoms with Crippen LogP contribution in [0.3, 0.4) is 0 Å². The van der Waals surface area contributed by atoms with Crippen molar-refractivity contribution in [3.05, 3.63) is 52.3 Å². The van der Waals surface area contributed by atoms with Gasteiger partial charge >= 0.3 is 0 Å². The van der Waals surface area contributed by atoms with Crippen LogP contribution in [-0.2, 0) is 16.6 Å². The maximum Gasteiger partial charge on any atom is 0.279 e. The number of anilines is 1. The van der Waals surface area contributed by atoms with Crippen molar-refractivity contribution in [2.24, 2.45) is 7.05 Å². The van der Waals surface area contributed by atoms with Crippen LogP contribution in [0.1, 0.15) is 17.0 Å². The SMILES string of the molecule is Cc1nn(C)c(C)c1/C=C/C(=O)N1CC[NH+](CC(=O)Nc2ccccc2Cl)CC1. The number of carbonyl (C=O) groups excluding carboxylic acids is 2. The molecule has 2 N–H and O–H groups in total. The molecule has 0 saturated carbocycles. The summed E-state index contributed by atoms with van der Waals surface area (Å²) in [5, 5.41) is 7.74. The summed E-state index contributed by atoms with van der Waals surface area (Å²) in [4.78, 5) is 27.8. The monoisotopic (exact) mass is 416 g/mol. The van der Waals surface area contributed by atoms with Crippen LogP contribution in [-0.4, -0.2) is 59.2 Å². The first-order valence-electron chi connectivity index (χ1n) is 9.70. The largest absolute Gasteiger partial charge is 0.328 e. The normalized spacial score (nSPS) is 15.1. The van der Waals surface area contributed by atoms with Crippen molar-refractivity contribution in [1.82, 2.24) is 14.7 Å². The summed E-state index contributed by atoms with van der Waals surface area (Å²) in [6.45, 7) is 7.01. The number of benzene rings is 1. The highest BCUT2D eigenvalue weighted by atomic mass is 35.5. The highest BCUT2D eigenvalue weighted by Crippen LogP contribution is 2.20. The second-order valence-corrected chi connectivity index (χ2v) is 7.73. The van der Waals surface area contributed by atoms with E-state index >= 15 is 0 Å². The minimum Gasteiger partial charge on any atom is -0.328 e. The van der Waals surface area contributed by atoms with Crippen LogP contribution < -0.4 is 10.2 Å². The third kappa shape index (κ3) is 5.25. The van der Waals surface area contributed by atoms with Crippen LogP contribution in [0.5, 0.6) is 0 Å². The fourth-order valence-corrected chi connectivity index (χ4v) is 3.68. The quantitative estimate of drug-likeness (QED) is 0.716. The molecular formula is C21H27ClN5O2+. The standard InChI is InChI=1S/C21H26ClN5O2/c1-15-17(16(2)25(3)24-15)8-9-21(29)27-12-10-26(11-13-27)14-20(28)23-19-7-5-4-6-18(19)22/h4-9H,10-14H2,1-3H3,(H,23,28)/p+1/b9-8+. The average Bonchev–Trinajstić information content (AvgIpc) is 2.94. The van der Waals surface area contributed by atoms with Crippen LogP contribution >= 0.6 is 11.6 Å². The molecule has 2 heterocycles. The number of piperazine rings is 1. The first-order valence-corrected chi connectivity index (χ1v) is 10.1. The van der Waals surface area contributed by atoms with Gasteiger partial charge in [0.05, 0.1) is 42.6 Å². The lowest BCUT2D eigenvalue weighted by Gasteiger charge is -2.31. The Morgan fingerprint density at radius 3 is 2.55 bits per heavy atom. The molecule has 29 heavy (non-hydrogen) atoms. The number of quaternary nitrogens is 1. The summed E-state index contributed by atoms with van der Waals surface area (Å²) in [5.41, 5.74) is 3.55. The number of rotatable bonds is 5. The Balaban J connectivity index is 1.48. The Hall–Kier alpha value is -2.64. The molecule has 1 aromatic heterocycles. The molecule has 2 amide bonds. The third-order valence-electron chi connectivity index (χ3n) is 5.30. The molecule has 8 heteroatoms. The second-order valence-electron chi connectivity index (χ2n) is 7.32.